The van der Waals surface area contributed by atoms with Crippen molar-refractivity contribution in [3.05, 3.63) is 58.8 Å². The maximum absolute atomic E-state index is 13.6. The first-order valence-corrected chi connectivity index (χ1v) is 13.7. The summed E-state index contributed by atoms with van der Waals surface area (Å²) < 4.78 is 57.7. The molecule has 1 aromatic carbocycles. The number of ether oxygens (including phenoxy) is 3. The molecular formula is C30H37F3N2O6. The Kier molecular flexibility index (Phi) is 8.59. The van der Waals surface area contributed by atoms with Crippen LogP contribution >= 0.6 is 0 Å². The normalized spacial score (nSPS) is 23.1. The number of benzene rings is 1. The molecule has 1 aromatic heterocycles. The number of pyridine rings is 1. The number of halogens is 3. The average molecular weight is 579 g/mol. The zero-order chi connectivity index (χ0) is 30.3. The number of hydrogen-bond acceptors (Lipinski definition) is 6. The van der Waals surface area contributed by atoms with Gasteiger partial charge < -0.3 is 19.3 Å². The molecule has 1 aliphatic heterocycles. The number of aromatic nitrogens is 1. The van der Waals surface area contributed by atoms with Crippen LogP contribution in [0.3, 0.4) is 0 Å². The fourth-order valence-corrected chi connectivity index (χ4v) is 5.80. The van der Waals surface area contributed by atoms with E-state index in [2.05, 4.69) is 4.98 Å². The van der Waals surface area contributed by atoms with Crippen LogP contribution in [-0.4, -0.2) is 52.4 Å². The topological polar surface area (TPSA) is 98.2 Å². The lowest BCUT2D eigenvalue weighted by Gasteiger charge is -2.35. The number of carbonyl (C=O) groups is 2. The Bertz CT molecular complexity index is 1270. The van der Waals surface area contributed by atoms with Crippen LogP contribution in [0.4, 0.5) is 18.0 Å². The van der Waals surface area contributed by atoms with Crippen molar-refractivity contribution in [3.63, 3.8) is 0 Å². The molecule has 224 valence electrons. The van der Waals surface area contributed by atoms with Gasteiger partial charge in [0.1, 0.15) is 6.04 Å². The van der Waals surface area contributed by atoms with Crippen LogP contribution in [0.5, 0.6) is 5.88 Å². The summed E-state index contributed by atoms with van der Waals surface area (Å²) in [5.41, 5.74) is 0.137. The van der Waals surface area contributed by atoms with Gasteiger partial charge in [-0.2, -0.15) is 13.2 Å². The summed E-state index contributed by atoms with van der Waals surface area (Å²) in [4.78, 5) is 31.6. The van der Waals surface area contributed by atoms with Crippen molar-refractivity contribution < 1.29 is 42.1 Å². The number of methoxy groups -OCH3 is 1. The van der Waals surface area contributed by atoms with Crippen molar-refractivity contribution in [2.24, 2.45) is 11.3 Å². The van der Waals surface area contributed by atoms with E-state index in [1.54, 1.807) is 13.8 Å². The first-order chi connectivity index (χ1) is 19.1. The number of carbonyl (C=O) groups excluding carboxylic acids is 1. The number of likely N-dealkylation sites (tertiary alicyclic amines) is 1. The minimum Gasteiger partial charge on any atom is -0.481 e. The number of carboxylic acids is 1. The Balaban J connectivity index is 1.86. The quantitative estimate of drug-likeness (QED) is 0.377. The molecule has 41 heavy (non-hydrogen) atoms. The fraction of sp³-hybridized carbons (Fsp3) is 0.567. The highest BCUT2D eigenvalue weighted by Crippen LogP contribution is 2.53. The van der Waals surface area contributed by atoms with Gasteiger partial charge in [-0.1, -0.05) is 45.0 Å². The number of alkyl halides is 3. The lowest BCUT2D eigenvalue weighted by molar-refractivity contribution is -0.145. The van der Waals surface area contributed by atoms with Crippen molar-refractivity contribution in [2.45, 2.75) is 90.5 Å². The molecule has 2 aliphatic rings. The summed E-state index contributed by atoms with van der Waals surface area (Å²) in [7, 11) is 1.30. The third-order valence-corrected chi connectivity index (χ3v) is 7.61. The second kappa shape index (κ2) is 11.5. The van der Waals surface area contributed by atoms with Gasteiger partial charge in [0, 0.05) is 17.7 Å². The van der Waals surface area contributed by atoms with Gasteiger partial charge in [0.15, 0.2) is 0 Å². The molecule has 0 radical (unpaired) electrons. The predicted octanol–water partition coefficient (Wildman–Crippen LogP) is 6.59. The van der Waals surface area contributed by atoms with E-state index < -0.39 is 59.4 Å². The maximum Gasteiger partial charge on any atom is 0.417 e. The fourth-order valence-electron chi connectivity index (χ4n) is 5.80. The summed E-state index contributed by atoms with van der Waals surface area (Å²) in [6, 6.07) is 6.28. The van der Waals surface area contributed by atoms with Gasteiger partial charge in [0.2, 0.25) is 5.88 Å². The highest BCUT2D eigenvalue weighted by Gasteiger charge is 2.60. The van der Waals surface area contributed by atoms with Gasteiger partial charge in [0.25, 0.3) is 0 Å². The van der Waals surface area contributed by atoms with Crippen molar-refractivity contribution in [2.75, 3.05) is 7.11 Å². The maximum atomic E-state index is 13.6. The third kappa shape index (κ3) is 6.45. The first-order valence-electron chi connectivity index (χ1n) is 13.7. The van der Waals surface area contributed by atoms with E-state index in [1.165, 1.54) is 12.0 Å². The number of amides is 1. The molecule has 0 bridgehead atoms. The summed E-state index contributed by atoms with van der Waals surface area (Å²) in [6.45, 7) is 8.59. The number of rotatable bonds is 8. The molecule has 4 atom stereocenters. The molecule has 1 N–H and O–H groups in total. The summed E-state index contributed by atoms with van der Waals surface area (Å²) in [5.74, 6) is -1.74. The largest absolute Gasteiger partial charge is 0.481 e. The number of aliphatic carboxylic acids is 1. The molecule has 1 saturated carbocycles. The van der Waals surface area contributed by atoms with Gasteiger partial charge in [-0.05, 0) is 55.2 Å². The molecule has 1 aliphatic carbocycles. The minimum atomic E-state index is -4.63. The standard InChI is InChI=1S/C30H37F3N2O6/c1-16(2)41-28(38)35-23(21-10-8-7-9-20(21)17-11-12-17)25(22(29(3,4)5)24(35)27(36)37)40-15-18-13-19(30(31,32)33)14-34-26(18)39-6/h7-10,13-14,16-17,22-25H,11-12,15H2,1-6H3,(H,36,37)/t22-,23+,24+,25+/m1/s1. The molecule has 11 heteroatoms. The average Bonchev–Trinajstić information content (AvgIpc) is 3.65. The summed E-state index contributed by atoms with van der Waals surface area (Å²) in [6.07, 6.45) is -4.23. The molecule has 4 rings (SSSR count). The second-order valence-corrected chi connectivity index (χ2v) is 12.0. The van der Waals surface area contributed by atoms with Gasteiger partial charge in [0.05, 0.1) is 37.5 Å². The van der Waals surface area contributed by atoms with Gasteiger partial charge in [-0.25, -0.2) is 14.6 Å². The van der Waals surface area contributed by atoms with E-state index in [9.17, 15) is 27.9 Å². The van der Waals surface area contributed by atoms with Crippen LogP contribution in [0.25, 0.3) is 0 Å². The third-order valence-electron chi connectivity index (χ3n) is 7.61. The Morgan fingerprint density at radius 2 is 1.76 bits per heavy atom. The number of nitrogens with zero attached hydrogens (tertiary/aromatic N) is 2. The molecule has 0 spiro atoms. The van der Waals surface area contributed by atoms with E-state index in [-0.39, 0.29) is 24.0 Å². The van der Waals surface area contributed by atoms with Crippen LogP contribution in [-0.2, 0) is 27.1 Å². The number of carboxylic acid groups (broad SMARTS) is 1. The monoisotopic (exact) mass is 578 g/mol. The Hall–Kier alpha value is -3.34. The van der Waals surface area contributed by atoms with Gasteiger partial charge in [-0.3, -0.25) is 4.90 Å². The molecule has 2 heterocycles. The van der Waals surface area contributed by atoms with Gasteiger partial charge in [-0.15, -0.1) is 0 Å². The summed E-state index contributed by atoms with van der Waals surface area (Å²) >= 11 is 0. The van der Waals surface area contributed by atoms with Crippen LogP contribution in [0, 0.1) is 11.3 Å². The van der Waals surface area contributed by atoms with Crippen molar-refractivity contribution in [1.29, 1.82) is 0 Å². The Morgan fingerprint density at radius 1 is 1.12 bits per heavy atom. The van der Waals surface area contributed by atoms with Crippen molar-refractivity contribution in [1.82, 2.24) is 9.88 Å². The lowest BCUT2D eigenvalue weighted by Crippen LogP contribution is -2.47. The Labute approximate surface area is 237 Å². The molecule has 2 fully saturated rings. The van der Waals surface area contributed by atoms with Crippen LogP contribution in [0.1, 0.15) is 81.7 Å². The minimum absolute atomic E-state index is 0.0379. The lowest BCUT2D eigenvalue weighted by atomic mass is 9.73. The van der Waals surface area contributed by atoms with E-state index in [1.807, 2.05) is 45.0 Å². The predicted molar refractivity (Wildman–Crippen MR) is 143 cm³/mol. The molecular weight excluding hydrogens is 541 g/mol. The smallest absolute Gasteiger partial charge is 0.417 e. The van der Waals surface area contributed by atoms with Crippen molar-refractivity contribution >= 4 is 12.1 Å². The zero-order valence-electron chi connectivity index (χ0n) is 24.1. The number of hydrogen-bond donors (Lipinski definition) is 1. The van der Waals surface area contributed by atoms with E-state index in [0.29, 0.717) is 6.20 Å². The van der Waals surface area contributed by atoms with Crippen LogP contribution in [0.15, 0.2) is 36.5 Å². The molecule has 8 nitrogen and oxygen atoms in total. The molecule has 1 amide bonds. The molecule has 1 saturated heterocycles. The van der Waals surface area contributed by atoms with Crippen molar-refractivity contribution in [3.8, 4) is 5.88 Å². The van der Waals surface area contributed by atoms with E-state index in [0.717, 1.165) is 30.0 Å². The van der Waals surface area contributed by atoms with E-state index in [4.69, 9.17) is 14.2 Å². The van der Waals surface area contributed by atoms with Gasteiger partial charge >= 0.3 is 18.2 Å². The highest BCUT2D eigenvalue weighted by molar-refractivity contribution is 5.82. The van der Waals surface area contributed by atoms with E-state index >= 15 is 0 Å². The zero-order valence-corrected chi connectivity index (χ0v) is 24.1. The highest BCUT2D eigenvalue weighted by atomic mass is 19.4. The Morgan fingerprint density at radius 3 is 2.27 bits per heavy atom. The second-order valence-electron chi connectivity index (χ2n) is 12.0. The van der Waals surface area contributed by atoms with Crippen LogP contribution < -0.4 is 4.74 Å². The first kappa shape index (κ1) is 30.6. The molecule has 2 aromatic rings. The summed E-state index contributed by atoms with van der Waals surface area (Å²) in [5, 5.41) is 10.5. The van der Waals surface area contributed by atoms with Crippen LogP contribution in [0.2, 0.25) is 0 Å². The SMILES string of the molecule is COc1ncc(C(F)(F)F)cc1CO[C@H]1[C@H](C(C)(C)C)[C@@H](C(=O)O)N(C(=O)OC(C)C)[C@H]1c1ccccc1C1CC1. The molecule has 0 unspecified atom stereocenters.